The van der Waals surface area contributed by atoms with E-state index in [9.17, 15) is 0 Å². The molecule has 0 atom stereocenters. The summed E-state index contributed by atoms with van der Waals surface area (Å²) in [5, 5.41) is 3.93. The summed E-state index contributed by atoms with van der Waals surface area (Å²) < 4.78 is 10.8. The molecule has 1 aliphatic heterocycles. The maximum Gasteiger partial charge on any atom is 0.230 e. The van der Waals surface area contributed by atoms with E-state index in [-0.39, 0.29) is 0 Å². The highest BCUT2D eigenvalue weighted by atomic mass is 35.5. The Labute approximate surface area is 176 Å². The summed E-state index contributed by atoms with van der Waals surface area (Å²) in [6, 6.07) is 7.53. The lowest BCUT2D eigenvalue weighted by Gasteiger charge is -2.27. The summed E-state index contributed by atoms with van der Waals surface area (Å²) in [6.45, 7) is 5.23. The Balaban J connectivity index is 1.63. The van der Waals surface area contributed by atoms with E-state index in [1.54, 1.807) is 0 Å². The van der Waals surface area contributed by atoms with Crippen molar-refractivity contribution in [3.8, 4) is 11.4 Å². The molecule has 0 bridgehead atoms. The van der Waals surface area contributed by atoms with Gasteiger partial charge in [0.1, 0.15) is 0 Å². The number of halogens is 1. The Kier molecular flexibility index (Phi) is 8.88. The molecule has 3 rings (SSSR count). The van der Waals surface area contributed by atoms with Gasteiger partial charge in [-0.2, -0.15) is 15.0 Å². The van der Waals surface area contributed by atoms with Crippen molar-refractivity contribution in [1.29, 1.82) is 0 Å². The zero-order chi connectivity index (χ0) is 20.3. The van der Waals surface area contributed by atoms with Crippen molar-refractivity contribution < 1.29 is 9.47 Å². The maximum atomic E-state index is 6.02. The van der Waals surface area contributed by atoms with E-state index < -0.39 is 0 Å². The van der Waals surface area contributed by atoms with E-state index in [0.717, 1.165) is 31.5 Å². The van der Waals surface area contributed by atoms with Crippen LogP contribution in [0.4, 0.5) is 11.9 Å². The number of benzene rings is 1. The molecule has 8 nitrogen and oxygen atoms in total. The van der Waals surface area contributed by atoms with Crippen LogP contribution in [0.2, 0.25) is 5.02 Å². The van der Waals surface area contributed by atoms with Crippen LogP contribution in [0.15, 0.2) is 24.3 Å². The molecule has 0 radical (unpaired) electrons. The van der Waals surface area contributed by atoms with Crippen molar-refractivity contribution in [2.75, 3.05) is 62.8 Å². The van der Waals surface area contributed by atoms with Gasteiger partial charge in [0.15, 0.2) is 5.82 Å². The third-order valence-corrected chi connectivity index (χ3v) is 4.78. The Morgan fingerprint density at radius 2 is 1.66 bits per heavy atom. The van der Waals surface area contributed by atoms with Gasteiger partial charge in [-0.3, -0.25) is 0 Å². The van der Waals surface area contributed by atoms with E-state index in [2.05, 4.69) is 20.2 Å². The highest BCUT2D eigenvalue weighted by Gasteiger charge is 2.17. The van der Waals surface area contributed by atoms with Gasteiger partial charge in [-0.1, -0.05) is 11.6 Å². The smallest absolute Gasteiger partial charge is 0.230 e. The second-order valence-electron chi connectivity index (χ2n) is 6.78. The molecule has 1 saturated heterocycles. The minimum absolute atomic E-state index is 0.524. The molecule has 3 N–H and O–H groups in total. The van der Waals surface area contributed by atoms with Gasteiger partial charge in [0.2, 0.25) is 11.9 Å². The number of hydrogen-bond acceptors (Lipinski definition) is 8. The van der Waals surface area contributed by atoms with E-state index in [1.807, 2.05) is 24.3 Å². The van der Waals surface area contributed by atoms with Crippen LogP contribution in [0, 0.1) is 0 Å². The zero-order valence-corrected chi connectivity index (χ0v) is 17.4. The summed E-state index contributed by atoms with van der Waals surface area (Å²) >= 11 is 6.02. The monoisotopic (exact) mass is 420 g/mol. The van der Waals surface area contributed by atoms with Gasteiger partial charge < -0.3 is 25.4 Å². The Bertz CT molecular complexity index is 740. The molecule has 0 aliphatic carbocycles. The molecule has 2 heterocycles. The van der Waals surface area contributed by atoms with Crippen LogP contribution in [-0.2, 0) is 9.47 Å². The van der Waals surface area contributed by atoms with Gasteiger partial charge in [-0.25, -0.2) is 0 Å². The molecular formula is C20H29ClN6O2. The normalized spacial score (nSPS) is 14.2. The summed E-state index contributed by atoms with van der Waals surface area (Å²) in [4.78, 5) is 16.1. The largest absolute Gasteiger partial charge is 0.378 e. The van der Waals surface area contributed by atoms with Crippen LogP contribution in [-0.4, -0.2) is 67.6 Å². The second kappa shape index (κ2) is 11.9. The zero-order valence-electron chi connectivity index (χ0n) is 16.6. The summed E-state index contributed by atoms with van der Waals surface area (Å²) in [7, 11) is 0. The lowest BCUT2D eigenvalue weighted by Crippen LogP contribution is -2.31. The van der Waals surface area contributed by atoms with E-state index >= 15 is 0 Å². The van der Waals surface area contributed by atoms with Crippen LogP contribution in [0.3, 0.4) is 0 Å². The van der Waals surface area contributed by atoms with Crippen molar-refractivity contribution in [3.63, 3.8) is 0 Å². The number of nitrogens with two attached hydrogens (primary N) is 1. The van der Waals surface area contributed by atoms with Gasteiger partial charge in [-0.05, 0) is 43.5 Å². The van der Waals surface area contributed by atoms with Crippen molar-refractivity contribution in [3.05, 3.63) is 29.3 Å². The number of hydrogen-bond donors (Lipinski definition) is 2. The molecular weight excluding hydrogens is 392 g/mol. The fourth-order valence-corrected chi connectivity index (χ4v) is 3.17. The molecule has 29 heavy (non-hydrogen) atoms. The molecule has 1 aliphatic rings. The fraction of sp³-hybridized carbons (Fsp3) is 0.550. The third kappa shape index (κ3) is 7.08. The maximum absolute atomic E-state index is 6.02. The predicted octanol–water partition coefficient (Wildman–Crippen LogP) is 2.59. The van der Waals surface area contributed by atoms with E-state index in [0.29, 0.717) is 62.3 Å². The van der Waals surface area contributed by atoms with Crippen molar-refractivity contribution >= 4 is 23.5 Å². The molecule has 2 aromatic rings. The molecule has 9 heteroatoms. The standard InChI is InChI=1S/C20H29ClN6O2/c21-17-6-4-16(5-7-17)18-24-19(23-9-13-29-15-14-28-12-8-22)26-20(25-18)27-10-2-1-3-11-27/h4-7H,1-3,8-15,22H2,(H,23,24,25,26). The van der Waals surface area contributed by atoms with Crippen LogP contribution < -0.4 is 16.0 Å². The number of piperidine rings is 1. The van der Waals surface area contributed by atoms with Crippen molar-refractivity contribution in [1.82, 2.24) is 15.0 Å². The van der Waals surface area contributed by atoms with Gasteiger partial charge in [0.25, 0.3) is 0 Å². The van der Waals surface area contributed by atoms with Gasteiger partial charge in [0, 0.05) is 36.8 Å². The van der Waals surface area contributed by atoms with Gasteiger partial charge in [-0.15, -0.1) is 0 Å². The first-order chi connectivity index (χ1) is 14.3. The number of ether oxygens (including phenoxy) is 2. The lowest BCUT2D eigenvalue weighted by molar-refractivity contribution is 0.0547. The Morgan fingerprint density at radius 3 is 2.38 bits per heavy atom. The predicted molar refractivity (Wildman–Crippen MR) is 116 cm³/mol. The molecule has 0 unspecified atom stereocenters. The molecule has 0 saturated carbocycles. The van der Waals surface area contributed by atoms with Crippen LogP contribution in [0.1, 0.15) is 19.3 Å². The summed E-state index contributed by atoms with van der Waals surface area (Å²) in [5.41, 5.74) is 6.29. The Hall–Kier alpha value is -2.00. The molecule has 1 aromatic carbocycles. The first-order valence-corrected chi connectivity index (χ1v) is 10.5. The third-order valence-electron chi connectivity index (χ3n) is 4.53. The van der Waals surface area contributed by atoms with E-state index in [4.69, 9.17) is 31.8 Å². The molecule has 1 fully saturated rings. The van der Waals surface area contributed by atoms with Crippen LogP contribution in [0.25, 0.3) is 11.4 Å². The summed E-state index contributed by atoms with van der Waals surface area (Å²) in [5.74, 6) is 1.90. The lowest BCUT2D eigenvalue weighted by atomic mass is 10.1. The number of nitrogens with one attached hydrogen (secondary N) is 1. The minimum Gasteiger partial charge on any atom is -0.378 e. The number of aromatic nitrogens is 3. The highest BCUT2D eigenvalue weighted by Crippen LogP contribution is 2.23. The van der Waals surface area contributed by atoms with Crippen molar-refractivity contribution in [2.24, 2.45) is 5.73 Å². The fourth-order valence-electron chi connectivity index (χ4n) is 3.05. The highest BCUT2D eigenvalue weighted by molar-refractivity contribution is 6.30. The Morgan fingerprint density at radius 1 is 0.931 bits per heavy atom. The second-order valence-corrected chi connectivity index (χ2v) is 7.21. The quantitative estimate of drug-likeness (QED) is 0.535. The van der Waals surface area contributed by atoms with Gasteiger partial charge >= 0.3 is 0 Å². The van der Waals surface area contributed by atoms with Gasteiger partial charge in [0.05, 0.1) is 26.4 Å². The number of anilines is 2. The average molecular weight is 421 g/mol. The average Bonchev–Trinajstić information content (AvgIpc) is 2.76. The first-order valence-electron chi connectivity index (χ1n) is 10.1. The van der Waals surface area contributed by atoms with E-state index in [1.165, 1.54) is 6.42 Å². The molecule has 0 amide bonds. The summed E-state index contributed by atoms with van der Waals surface area (Å²) in [6.07, 6.45) is 3.57. The SMILES string of the molecule is NCCOCCOCCNc1nc(-c2ccc(Cl)cc2)nc(N2CCCCC2)n1. The first kappa shape index (κ1) is 21.7. The number of nitrogens with zero attached hydrogens (tertiary/aromatic N) is 4. The molecule has 1 aromatic heterocycles. The number of rotatable bonds is 11. The van der Waals surface area contributed by atoms with Crippen LogP contribution >= 0.6 is 11.6 Å². The topological polar surface area (TPSA) is 98.4 Å². The van der Waals surface area contributed by atoms with Crippen LogP contribution in [0.5, 0.6) is 0 Å². The minimum atomic E-state index is 0.524. The van der Waals surface area contributed by atoms with Crippen molar-refractivity contribution in [2.45, 2.75) is 19.3 Å². The molecule has 0 spiro atoms. The molecule has 158 valence electrons.